The number of benzene rings is 2. The minimum Gasteiger partial charge on any atom is -0.206 e. The highest BCUT2D eigenvalue weighted by Gasteiger charge is 2.14. The molecule has 2 aromatic rings. The van der Waals surface area contributed by atoms with E-state index in [4.69, 9.17) is 0 Å². The molecule has 0 nitrogen and oxygen atoms in total. The van der Waals surface area contributed by atoms with E-state index < -0.39 is 0 Å². The van der Waals surface area contributed by atoms with E-state index >= 15 is 0 Å². The second kappa shape index (κ2) is 11.0. The summed E-state index contributed by atoms with van der Waals surface area (Å²) in [6, 6.07) is 6.34. The Bertz CT molecular complexity index is 1080. The molecule has 0 aromatic heterocycles. The van der Waals surface area contributed by atoms with E-state index in [1.165, 1.54) is 37.8 Å². The Morgan fingerprint density at radius 1 is 0.600 bits per heavy atom. The lowest BCUT2D eigenvalue weighted by Crippen LogP contribution is -2.02. The molecule has 2 aromatic carbocycles. The minimum atomic E-state index is -0.312. The van der Waals surface area contributed by atoms with Crippen LogP contribution in [0.1, 0.15) is 89.2 Å². The van der Waals surface area contributed by atoms with Gasteiger partial charge in [0.25, 0.3) is 0 Å². The SMILES string of the molecule is CCCCCCC#Cc1c(F)ccc2c1=c1ccc(F)c(C#CCCCCCC)c1=2. The van der Waals surface area contributed by atoms with Gasteiger partial charge in [-0.25, -0.2) is 8.78 Å². The summed E-state index contributed by atoms with van der Waals surface area (Å²) in [6.07, 6.45) is 10.7. The third-order valence-electron chi connectivity index (χ3n) is 5.59. The monoisotopic (exact) mass is 404 g/mol. The van der Waals surface area contributed by atoms with Crippen molar-refractivity contribution in [2.45, 2.75) is 78.1 Å². The first kappa shape index (κ1) is 22.1. The summed E-state index contributed by atoms with van der Waals surface area (Å²) in [5.74, 6) is 11.7. The lowest BCUT2D eigenvalue weighted by molar-refractivity contribution is 0.618. The third kappa shape index (κ3) is 4.94. The van der Waals surface area contributed by atoms with Crippen LogP contribution < -0.4 is 0 Å². The highest BCUT2D eigenvalue weighted by atomic mass is 19.1. The van der Waals surface area contributed by atoms with E-state index in [-0.39, 0.29) is 11.6 Å². The van der Waals surface area contributed by atoms with Gasteiger partial charge in [-0.05, 0) is 35.4 Å². The first-order valence-corrected chi connectivity index (χ1v) is 11.3. The zero-order chi connectivity index (χ0) is 21.3. The van der Waals surface area contributed by atoms with Gasteiger partial charge in [0.15, 0.2) is 0 Å². The number of hydrogen-bond donors (Lipinski definition) is 0. The van der Waals surface area contributed by atoms with Crippen molar-refractivity contribution in [2.75, 3.05) is 0 Å². The molecule has 0 heterocycles. The smallest absolute Gasteiger partial charge is 0.139 e. The maximum absolute atomic E-state index is 14.5. The van der Waals surface area contributed by atoms with Gasteiger partial charge in [-0.15, -0.1) is 0 Å². The van der Waals surface area contributed by atoms with Gasteiger partial charge in [0.05, 0.1) is 11.1 Å². The molecular weight excluding hydrogens is 374 g/mol. The molecule has 30 heavy (non-hydrogen) atoms. The summed E-state index contributed by atoms with van der Waals surface area (Å²) in [7, 11) is 0. The average molecular weight is 405 g/mol. The summed E-state index contributed by atoms with van der Waals surface area (Å²) in [4.78, 5) is 0. The Hall–Kier alpha value is -2.58. The van der Waals surface area contributed by atoms with E-state index in [2.05, 4.69) is 37.5 Å². The molecule has 1 aliphatic carbocycles. The Balaban J connectivity index is 1.93. The van der Waals surface area contributed by atoms with Crippen molar-refractivity contribution in [3.8, 4) is 23.7 Å². The number of fused-ring (bicyclic) bond motifs is 2. The molecule has 3 rings (SSSR count). The lowest BCUT2D eigenvalue weighted by atomic mass is 9.93. The summed E-state index contributed by atoms with van der Waals surface area (Å²) < 4.78 is 29.0. The largest absolute Gasteiger partial charge is 0.206 e. The van der Waals surface area contributed by atoms with Crippen LogP contribution >= 0.6 is 0 Å². The van der Waals surface area contributed by atoms with Crippen molar-refractivity contribution < 1.29 is 8.78 Å². The maximum Gasteiger partial charge on any atom is 0.139 e. The quantitative estimate of drug-likeness (QED) is 0.269. The zero-order valence-electron chi connectivity index (χ0n) is 18.1. The van der Waals surface area contributed by atoms with E-state index in [9.17, 15) is 8.78 Å². The number of hydrogen-bond acceptors (Lipinski definition) is 0. The molecule has 1 aliphatic rings. The van der Waals surface area contributed by atoms with Crippen LogP contribution in [0.25, 0.3) is 0 Å². The van der Waals surface area contributed by atoms with E-state index in [0.29, 0.717) is 11.1 Å². The fourth-order valence-electron chi connectivity index (χ4n) is 3.89. The van der Waals surface area contributed by atoms with Crippen molar-refractivity contribution in [2.24, 2.45) is 0 Å². The van der Waals surface area contributed by atoms with Gasteiger partial charge < -0.3 is 0 Å². The Kier molecular flexibility index (Phi) is 8.10. The molecule has 0 bridgehead atoms. The van der Waals surface area contributed by atoms with Crippen molar-refractivity contribution >= 4 is 0 Å². The average Bonchev–Trinajstić information content (AvgIpc) is 2.73. The molecule has 0 unspecified atom stereocenters. The predicted octanol–water partition coefficient (Wildman–Crippen LogP) is 7.50. The summed E-state index contributed by atoms with van der Waals surface area (Å²) in [6.45, 7) is 4.35. The van der Waals surface area contributed by atoms with Gasteiger partial charge in [0.2, 0.25) is 0 Å². The summed E-state index contributed by atoms with van der Waals surface area (Å²) in [5.41, 5.74) is 0.862. The van der Waals surface area contributed by atoms with Gasteiger partial charge in [0, 0.05) is 23.3 Å². The zero-order valence-corrected chi connectivity index (χ0v) is 18.1. The summed E-state index contributed by atoms with van der Waals surface area (Å²) >= 11 is 0. The predicted molar refractivity (Wildman–Crippen MR) is 119 cm³/mol. The molecule has 0 fully saturated rings. The molecule has 0 atom stereocenters. The van der Waals surface area contributed by atoms with Gasteiger partial charge in [-0.1, -0.05) is 88.2 Å². The standard InChI is InChI=1S/C28H30F2/c1-3-5-7-9-11-13-15-21-25(29)19-17-23-27(21)24-18-20-26(30)22(28(23)24)16-14-12-10-8-6-4-2/h17-20H,3-12H2,1-2H3. The van der Waals surface area contributed by atoms with Crippen molar-refractivity contribution in [1.29, 1.82) is 0 Å². The molecular formula is C28H30F2. The van der Waals surface area contributed by atoms with Crippen LogP contribution in [0, 0.1) is 56.2 Å². The molecule has 0 N–H and O–H groups in total. The van der Waals surface area contributed by atoms with Crippen LogP contribution in [0.4, 0.5) is 8.78 Å². The molecule has 0 saturated carbocycles. The second-order valence-corrected chi connectivity index (χ2v) is 7.91. The molecule has 0 saturated heterocycles. The summed E-state index contributed by atoms with van der Waals surface area (Å²) in [5, 5.41) is 3.32. The number of unbranched alkanes of at least 4 members (excludes halogenated alkanes) is 8. The number of rotatable bonds is 8. The number of halogens is 2. The molecule has 0 amide bonds. The van der Waals surface area contributed by atoms with Crippen molar-refractivity contribution in [3.05, 3.63) is 67.9 Å². The lowest BCUT2D eigenvalue weighted by Gasteiger charge is -2.10. The fourth-order valence-corrected chi connectivity index (χ4v) is 3.89. The van der Waals surface area contributed by atoms with Gasteiger partial charge in [-0.2, -0.15) is 0 Å². The van der Waals surface area contributed by atoms with Crippen LogP contribution in [0.2, 0.25) is 0 Å². The van der Waals surface area contributed by atoms with E-state index in [1.54, 1.807) is 12.1 Å². The highest BCUT2D eigenvalue weighted by Crippen LogP contribution is 2.23. The van der Waals surface area contributed by atoms with Crippen molar-refractivity contribution in [1.82, 2.24) is 0 Å². The van der Waals surface area contributed by atoms with Crippen LogP contribution in [0.5, 0.6) is 0 Å². The first-order chi connectivity index (χ1) is 14.7. The Morgan fingerprint density at radius 3 is 1.43 bits per heavy atom. The molecule has 156 valence electrons. The molecule has 0 radical (unpaired) electrons. The molecule has 0 aliphatic heterocycles. The topological polar surface area (TPSA) is 0 Å². The van der Waals surface area contributed by atoms with Crippen LogP contribution in [0.15, 0.2) is 24.3 Å². The first-order valence-electron chi connectivity index (χ1n) is 11.3. The van der Waals surface area contributed by atoms with Crippen molar-refractivity contribution in [3.63, 3.8) is 0 Å². The highest BCUT2D eigenvalue weighted by molar-refractivity contribution is 5.49. The van der Waals surface area contributed by atoms with Crippen LogP contribution in [-0.4, -0.2) is 0 Å². The second-order valence-electron chi connectivity index (χ2n) is 7.91. The Labute approximate surface area is 178 Å². The van der Waals surface area contributed by atoms with E-state index in [1.807, 2.05) is 0 Å². The normalized spacial score (nSPS) is 10.8. The van der Waals surface area contributed by atoms with E-state index in [0.717, 1.165) is 59.4 Å². The van der Waals surface area contributed by atoms with Crippen LogP contribution in [-0.2, 0) is 0 Å². The van der Waals surface area contributed by atoms with Gasteiger partial charge >= 0.3 is 0 Å². The minimum absolute atomic E-state index is 0.312. The maximum atomic E-state index is 14.5. The third-order valence-corrected chi connectivity index (χ3v) is 5.59. The van der Waals surface area contributed by atoms with Crippen LogP contribution in [0.3, 0.4) is 0 Å². The molecule has 0 spiro atoms. The fraction of sp³-hybridized carbons (Fsp3) is 0.429. The van der Waals surface area contributed by atoms with Gasteiger partial charge in [0.1, 0.15) is 11.6 Å². The Morgan fingerprint density at radius 2 is 1.03 bits per heavy atom. The van der Waals surface area contributed by atoms with Gasteiger partial charge in [-0.3, -0.25) is 0 Å². The molecule has 2 heteroatoms.